The Hall–Kier alpha value is -1.94. The van der Waals surface area contributed by atoms with Gasteiger partial charge in [0.25, 0.3) is 0 Å². The maximum absolute atomic E-state index is 13.1. The monoisotopic (exact) mass is 1490 g/mol. The van der Waals surface area contributed by atoms with E-state index in [4.69, 9.17) is 37.0 Å². The summed E-state index contributed by atoms with van der Waals surface area (Å²) in [7, 11) is -9.92. The number of aliphatic hydroxyl groups excluding tert-OH is 1. The topological polar surface area (TPSA) is 237 Å². The molecule has 606 valence electrons. The van der Waals surface area contributed by atoms with Crippen molar-refractivity contribution in [2.45, 2.75) is 464 Å². The molecule has 0 bridgehead atoms. The Kier molecular flexibility index (Phi) is 74.4. The van der Waals surface area contributed by atoms with Crippen LogP contribution in [0.5, 0.6) is 0 Å². The summed E-state index contributed by atoms with van der Waals surface area (Å²) in [5, 5.41) is 10.6. The Labute approximate surface area is 626 Å². The molecule has 0 saturated carbocycles. The lowest BCUT2D eigenvalue weighted by atomic mass is 10.0. The van der Waals surface area contributed by atoms with Gasteiger partial charge in [-0.25, -0.2) is 9.13 Å². The van der Waals surface area contributed by atoms with Gasteiger partial charge in [0.05, 0.1) is 26.4 Å². The van der Waals surface area contributed by atoms with Crippen LogP contribution in [-0.2, 0) is 65.4 Å². The van der Waals surface area contributed by atoms with Gasteiger partial charge in [0.15, 0.2) is 12.2 Å². The van der Waals surface area contributed by atoms with Crippen LogP contribution < -0.4 is 0 Å². The summed E-state index contributed by atoms with van der Waals surface area (Å²) in [6.07, 6.45) is 68.1. The molecular weight excluding hydrogens is 1330 g/mol. The first-order chi connectivity index (χ1) is 49.5. The number of hydrogen-bond donors (Lipinski definition) is 3. The van der Waals surface area contributed by atoms with Crippen molar-refractivity contribution < 1.29 is 80.2 Å². The van der Waals surface area contributed by atoms with Crippen LogP contribution in [0, 0.1) is 5.92 Å². The van der Waals surface area contributed by atoms with Crippen LogP contribution >= 0.6 is 15.6 Å². The number of aliphatic hydroxyl groups is 1. The molecule has 0 rings (SSSR count). The molecule has 0 spiro atoms. The lowest BCUT2D eigenvalue weighted by molar-refractivity contribution is -0.161. The van der Waals surface area contributed by atoms with Crippen molar-refractivity contribution in [3.63, 3.8) is 0 Å². The van der Waals surface area contributed by atoms with E-state index in [2.05, 4.69) is 34.6 Å². The molecular formula is C83H162O17P2. The zero-order chi connectivity index (χ0) is 74.8. The minimum absolute atomic E-state index is 0.108. The fraction of sp³-hybridized carbons (Fsp3) is 0.952. The number of carbonyl (C=O) groups excluding carboxylic acids is 4. The summed E-state index contributed by atoms with van der Waals surface area (Å²) in [6, 6.07) is 0. The van der Waals surface area contributed by atoms with Crippen molar-refractivity contribution in [1.29, 1.82) is 0 Å². The number of rotatable bonds is 83. The van der Waals surface area contributed by atoms with E-state index in [1.165, 1.54) is 270 Å². The highest BCUT2D eigenvalue weighted by molar-refractivity contribution is 7.47. The maximum atomic E-state index is 13.1. The second-order valence-electron chi connectivity index (χ2n) is 30.3. The number of phosphoric ester groups is 2. The molecule has 19 heteroatoms. The molecule has 102 heavy (non-hydrogen) atoms. The summed E-state index contributed by atoms with van der Waals surface area (Å²) >= 11 is 0. The smallest absolute Gasteiger partial charge is 0.462 e. The van der Waals surface area contributed by atoms with E-state index in [1.807, 2.05) is 0 Å². The van der Waals surface area contributed by atoms with Gasteiger partial charge in [0.1, 0.15) is 19.3 Å². The molecule has 0 fully saturated rings. The predicted octanol–water partition coefficient (Wildman–Crippen LogP) is 25.2. The standard InChI is InChI=1S/C83H162O17P2/c1-6-9-12-15-18-21-24-25-26-27-28-29-30-31-32-35-39-44-49-54-59-64-69-83(88)100-79(73-94-81(86)67-62-57-52-47-43-38-36-33-34-37-42-45-50-55-60-65-76(4)5)75-98-102(91,92)96-71-77(84)70-95-101(89,90)97-74-78(99-82(87)68-63-58-53-48-41-23-20-17-14-11-8-3)72-93-80(85)66-61-56-51-46-40-22-19-16-13-10-7-2/h76-79,84H,6-75H2,1-5H3,(H,89,90)(H,91,92)/t77-,78+,79+/m0/s1. The molecule has 0 amide bonds. The fourth-order valence-electron chi connectivity index (χ4n) is 12.9. The van der Waals surface area contributed by atoms with Crippen molar-refractivity contribution in [2.24, 2.45) is 5.92 Å². The predicted molar refractivity (Wildman–Crippen MR) is 418 cm³/mol. The zero-order valence-electron chi connectivity index (χ0n) is 66.8. The van der Waals surface area contributed by atoms with E-state index in [1.54, 1.807) is 0 Å². The normalized spacial score (nSPS) is 13.8. The molecule has 17 nitrogen and oxygen atoms in total. The van der Waals surface area contributed by atoms with Gasteiger partial charge in [0, 0.05) is 25.7 Å². The Balaban J connectivity index is 5.20. The first kappa shape index (κ1) is 100. The molecule has 0 aliphatic rings. The first-order valence-electron chi connectivity index (χ1n) is 43.1. The van der Waals surface area contributed by atoms with Crippen LogP contribution in [0.1, 0.15) is 446 Å². The van der Waals surface area contributed by atoms with E-state index < -0.39 is 97.5 Å². The van der Waals surface area contributed by atoms with Gasteiger partial charge in [-0.1, -0.05) is 394 Å². The number of ether oxygens (including phenoxy) is 4. The Morgan fingerprint density at radius 2 is 0.451 bits per heavy atom. The van der Waals surface area contributed by atoms with Gasteiger partial charge >= 0.3 is 39.5 Å². The first-order valence-corrected chi connectivity index (χ1v) is 46.1. The minimum Gasteiger partial charge on any atom is -0.462 e. The van der Waals surface area contributed by atoms with Crippen LogP contribution in [0.3, 0.4) is 0 Å². The second-order valence-corrected chi connectivity index (χ2v) is 33.3. The molecule has 0 saturated heterocycles. The zero-order valence-corrected chi connectivity index (χ0v) is 68.5. The van der Waals surface area contributed by atoms with Crippen LogP contribution in [-0.4, -0.2) is 96.7 Å². The molecule has 2 unspecified atom stereocenters. The summed E-state index contributed by atoms with van der Waals surface area (Å²) in [5.41, 5.74) is 0. The van der Waals surface area contributed by atoms with Crippen molar-refractivity contribution in [1.82, 2.24) is 0 Å². The van der Waals surface area contributed by atoms with E-state index in [0.717, 1.165) is 95.8 Å². The maximum Gasteiger partial charge on any atom is 0.472 e. The average Bonchev–Trinajstić information content (AvgIpc) is 0.949. The van der Waals surface area contributed by atoms with Gasteiger partial charge in [-0.3, -0.25) is 37.3 Å². The minimum atomic E-state index is -4.96. The molecule has 3 N–H and O–H groups in total. The van der Waals surface area contributed by atoms with Gasteiger partial charge in [-0.15, -0.1) is 0 Å². The fourth-order valence-corrected chi connectivity index (χ4v) is 14.5. The summed E-state index contributed by atoms with van der Waals surface area (Å²) in [5.74, 6) is -1.30. The molecule has 0 radical (unpaired) electrons. The number of phosphoric acid groups is 2. The Morgan fingerprint density at radius 3 is 0.667 bits per heavy atom. The quantitative estimate of drug-likeness (QED) is 0.0222. The highest BCUT2D eigenvalue weighted by atomic mass is 31.2. The van der Waals surface area contributed by atoms with Crippen molar-refractivity contribution in [3.05, 3.63) is 0 Å². The molecule has 0 aliphatic carbocycles. The molecule has 0 aromatic rings. The van der Waals surface area contributed by atoms with Crippen molar-refractivity contribution in [2.75, 3.05) is 39.6 Å². The molecule has 0 aromatic heterocycles. The largest absolute Gasteiger partial charge is 0.472 e. The summed E-state index contributed by atoms with van der Waals surface area (Å²) < 4.78 is 68.7. The van der Waals surface area contributed by atoms with Crippen LogP contribution in [0.15, 0.2) is 0 Å². The lowest BCUT2D eigenvalue weighted by Gasteiger charge is -2.21. The SMILES string of the molecule is CCCCCCCCCCCCCCCCCCCCCCCCC(=O)O[C@H](COC(=O)CCCCCCCCCCCCCCCCCC(C)C)COP(=O)(O)OC[C@@H](O)COP(=O)(O)OC[C@@H](COC(=O)CCCCCCCCCCCCC)OC(=O)CCCCCCCCCCCCC. The van der Waals surface area contributed by atoms with E-state index >= 15 is 0 Å². The van der Waals surface area contributed by atoms with Crippen LogP contribution in [0.4, 0.5) is 0 Å². The molecule has 0 aromatic carbocycles. The molecule has 5 atom stereocenters. The van der Waals surface area contributed by atoms with E-state index in [0.29, 0.717) is 25.7 Å². The second kappa shape index (κ2) is 75.9. The Bertz CT molecular complexity index is 1940. The van der Waals surface area contributed by atoms with Gasteiger partial charge in [0.2, 0.25) is 0 Å². The van der Waals surface area contributed by atoms with Gasteiger partial charge < -0.3 is 33.8 Å². The van der Waals surface area contributed by atoms with E-state index in [9.17, 15) is 43.2 Å². The highest BCUT2D eigenvalue weighted by Gasteiger charge is 2.30. The number of carbonyl (C=O) groups is 4. The third-order valence-electron chi connectivity index (χ3n) is 19.5. The highest BCUT2D eigenvalue weighted by Crippen LogP contribution is 2.45. The van der Waals surface area contributed by atoms with Crippen molar-refractivity contribution >= 4 is 39.5 Å². The van der Waals surface area contributed by atoms with Crippen LogP contribution in [0.25, 0.3) is 0 Å². The third-order valence-corrected chi connectivity index (χ3v) is 21.4. The van der Waals surface area contributed by atoms with Gasteiger partial charge in [-0.05, 0) is 31.6 Å². The van der Waals surface area contributed by atoms with E-state index in [-0.39, 0.29) is 25.7 Å². The molecule has 0 heterocycles. The van der Waals surface area contributed by atoms with Gasteiger partial charge in [-0.2, -0.15) is 0 Å². The van der Waals surface area contributed by atoms with Crippen LogP contribution in [0.2, 0.25) is 0 Å². The van der Waals surface area contributed by atoms with Crippen molar-refractivity contribution in [3.8, 4) is 0 Å². The number of hydrogen-bond acceptors (Lipinski definition) is 15. The summed E-state index contributed by atoms with van der Waals surface area (Å²) in [6.45, 7) is 7.36. The number of esters is 4. The average molecular weight is 1490 g/mol. The summed E-state index contributed by atoms with van der Waals surface area (Å²) in [4.78, 5) is 73.0. The Morgan fingerprint density at radius 1 is 0.265 bits per heavy atom. The third kappa shape index (κ3) is 76.3. The molecule has 0 aliphatic heterocycles. The number of unbranched alkanes of at least 4 members (excludes halogenated alkanes) is 55. The lowest BCUT2D eigenvalue weighted by Crippen LogP contribution is -2.30.